The lowest BCUT2D eigenvalue weighted by molar-refractivity contribution is 0.0908. The van der Waals surface area contributed by atoms with E-state index in [1.165, 1.54) is 17.7 Å². The first kappa shape index (κ1) is 22.4. The van der Waals surface area contributed by atoms with Crippen molar-refractivity contribution in [3.63, 3.8) is 0 Å². The van der Waals surface area contributed by atoms with E-state index in [9.17, 15) is 9.18 Å². The number of aromatic nitrogens is 1. The molecule has 0 radical (unpaired) electrons. The number of rotatable bonds is 6. The molecule has 0 saturated carbocycles. The number of amides is 1. The fraction of sp³-hybridized carbons (Fsp3) is 0.280. The Morgan fingerprint density at radius 2 is 2.00 bits per heavy atom. The van der Waals surface area contributed by atoms with Gasteiger partial charge in [0.2, 0.25) is 0 Å². The Morgan fingerprint density at radius 1 is 1.19 bits per heavy atom. The first-order chi connectivity index (χ1) is 15.5. The number of likely N-dealkylation sites (tertiary alicyclic amines) is 1. The minimum absolute atomic E-state index is 0.124. The number of halogens is 2. The molecule has 1 amide bonds. The summed E-state index contributed by atoms with van der Waals surface area (Å²) in [5.74, 6) is 0.395. The maximum absolute atomic E-state index is 13.4. The highest BCUT2D eigenvalue weighted by Crippen LogP contribution is 2.26. The molecule has 0 aliphatic carbocycles. The third kappa shape index (κ3) is 5.53. The molecule has 1 fully saturated rings. The number of methoxy groups -OCH3 is 1. The quantitative estimate of drug-likeness (QED) is 0.517. The maximum atomic E-state index is 13.4. The van der Waals surface area contributed by atoms with Crippen molar-refractivity contribution in [1.29, 1.82) is 0 Å². The number of hydrogen-bond acceptors (Lipinski definition) is 4. The van der Waals surface area contributed by atoms with Crippen LogP contribution in [0.25, 0.3) is 11.3 Å². The van der Waals surface area contributed by atoms with Crippen molar-refractivity contribution >= 4 is 21.8 Å². The highest BCUT2D eigenvalue weighted by molar-refractivity contribution is 9.10. The van der Waals surface area contributed by atoms with Crippen molar-refractivity contribution in [1.82, 2.24) is 15.2 Å². The van der Waals surface area contributed by atoms with Crippen LogP contribution in [-0.2, 0) is 6.54 Å². The Hall–Kier alpha value is -2.77. The molecule has 5 nitrogen and oxygen atoms in total. The summed E-state index contributed by atoms with van der Waals surface area (Å²) in [5, 5.41) is 3.12. The summed E-state index contributed by atoms with van der Waals surface area (Å²) >= 11 is 3.54. The molecule has 32 heavy (non-hydrogen) atoms. The minimum atomic E-state index is -0.308. The third-order valence-corrected chi connectivity index (χ3v) is 6.31. The SMILES string of the molecule is COc1ccc(CN2CCC(NC(=O)c3ccc(-c4cccc(F)c4)nc3)CC2)cc1Br. The van der Waals surface area contributed by atoms with Crippen LogP contribution in [0.15, 0.2) is 65.3 Å². The second kappa shape index (κ2) is 10.2. The fourth-order valence-electron chi connectivity index (χ4n) is 3.92. The normalized spacial score (nSPS) is 14.8. The Bertz CT molecular complexity index is 1080. The summed E-state index contributed by atoms with van der Waals surface area (Å²) in [6, 6.07) is 16.0. The molecule has 2 heterocycles. The molecule has 1 N–H and O–H groups in total. The Labute approximate surface area is 195 Å². The van der Waals surface area contributed by atoms with Crippen molar-refractivity contribution in [2.45, 2.75) is 25.4 Å². The number of carbonyl (C=O) groups is 1. The number of benzene rings is 2. The highest BCUT2D eigenvalue weighted by Gasteiger charge is 2.21. The second-order valence-corrected chi connectivity index (χ2v) is 8.79. The predicted octanol–water partition coefficient (Wildman–Crippen LogP) is 5.05. The molecular formula is C25H25BrFN3O2. The average molecular weight is 498 g/mol. The standard InChI is InChI=1S/C25H25BrFN3O2/c1-32-24-8-5-17(13-22(24)26)16-30-11-9-21(10-12-30)29-25(31)19-6-7-23(28-15-19)18-3-2-4-20(27)14-18/h2-8,13-15,21H,9-12,16H2,1H3,(H,29,31). The van der Waals surface area contributed by atoms with Crippen molar-refractivity contribution in [2.24, 2.45) is 0 Å². The Morgan fingerprint density at radius 3 is 2.66 bits per heavy atom. The first-order valence-corrected chi connectivity index (χ1v) is 11.4. The van der Waals surface area contributed by atoms with Gasteiger partial charge in [0.15, 0.2) is 0 Å². The lowest BCUT2D eigenvalue weighted by Crippen LogP contribution is -2.44. The van der Waals surface area contributed by atoms with Crippen LogP contribution in [0.5, 0.6) is 5.75 Å². The third-order valence-electron chi connectivity index (χ3n) is 5.69. The summed E-state index contributed by atoms with van der Waals surface area (Å²) in [5.41, 5.74) is 3.06. The smallest absolute Gasteiger partial charge is 0.253 e. The van der Waals surface area contributed by atoms with Gasteiger partial charge in [0, 0.05) is 37.4 Å². The van der Waals surface area contributed by atoms with E-state index < -0.39 is 0 Å². The first-order valence-electron chi connectivity index (χ1n) is 10.6. The van der Waals surface area contributed by atoms with Crippen LogP contribution in [0.2, 0.25) is 0 Å². The van der Waals surface area contributed by atoms with E-state index in [1.807, 2.05) is 6.07 Å². The van der Waals surface area contributed by atoms with E-state index in [4.69, 9.17) is 4.74 Å². The molecule has 1 saturated heterocycles. The zero-order valence-electron chi connectivity index (χ0n) is 17.9. The van der Waals surface area contributed by atoms with Gasteiger partial charge in [-0.2, -0.15) is 0 Å². The number of nitrogens with zero attached hydrogens (tertiary/aromatic N) is 2. The van der Waals surface area contributed by atoms with Crippen LogP contribution in [0, 0.1) is 5.82 Å². The predicted molar refractivity (Wildman–Crippen MR) is 126 cm³/mol. The van der Waals surface area contributed by atoms with Crippen molar-refractivity contribution < 1.29 is 13.9 Å². The van der Waals surface area contributed by atoms with Crippen LogP contribution < -0.4 is 10.1 Å². The number of ether oxygens (including phenoxy) is 1. The van der Waals surface area contributed by atoms with Gasteiger partial charge in [-0.25, -0.2) is 4.39 Å². The fourth-order valence-corrected chi connectivity index (χ4v) is 4.51. The lowest BCUT2D eigenvalue weighted by Gasteiger charge is -2.32. The molecule has 1 aliphatic heterocycles. The summed E-state index contributed by atoms with van der Waals surface area (Å²) in [6.45, 7) is 2.71. The summed E-state index contributed by atoms with van der Waals surface area (Å²) in [4.78, 5) is 19.4. The van der Waals surface area contributed by atoms with Gasteiger partial charge in [0.1, 0.15) is 11.6 Å². The monoisotopic (exact) mass is 497 g/mol. The molecule has 1 aromatic heterocycles. The molecule has 0 bridgehead atoms. The number of carbonyl (C=O) groups excluding carboxylic acids is 1. The molecule has 0 spiro atoms. The van der Waals surface area contributed by atoms with Gasteiger partial charge in [0.05, 0.1) is 22.8 Å². The molecule has 1 aliphatic rings. The van der Waals surface area contributed by atoms with Gasteiger partial charge >= 0.3 is 0 Å². The van der Waals surface area contributed by atoms with Crippen LogP contribution in [0.1, 0.15) is 28.8 Å². The van der Waals surface area contributed by atoms with Gasteiger partial charge < -0.3 is 10.1 Å². The molecule has 2 aromatic carbocycles. The van der Waals surface area contributed by atoms with Crippen molar-refractivity contribution in [3.8, 4) is 17.0 Å². The van der Waals surface area contributed by atoms with E-state index >= 15 is 0 Å². The second-order valence-electron chi connectivity index (χ2n) is 7.94. The van der Waals surface area contributed by atoms with Crippen molar-refractivity contribution in [2.75, 3.05) is 20.2 Å². The Balaban J connectivity index is 1.28. The van der Waals surface area contributed by atoms with Crippen molar-refractivity contribution in [3.05, 3.63) is 82.2 Å². The van der Waals surface area contributed by atoms with Gasteiger partial charge in [0.25, 0.3) is 5.91 Å². The molecule has 3 aromatic rings. The Kier molecular flexibility index (Phi) is 7.17. The molecule has 7 heteroatoms. The molecular weight excluding hydrogens is 473 g/mol. The van der Waals surface area contributed by atoms with Crippen LogP contribution >= 0.6 is 15.9 Å². The molecule has 0 unspecified atom stereocenters. The van der Waals surface area contributed by atoms with Crippen LogP contribution in [-0.4, -0.2) is 42.0 Å². The number of pyridine rings is 1. The number of piperidine rings is 1. The summed E-state index contributed by atoms with van der Waals surface area (Å²) < 4.78 is 19.7. The average Bonchev–Trinajstić information content (AvgIpc) is 2.80. The topological polar surface area (TPSA) is 54.5 Å². The largest absolute Gasteiger partial charge is 0.496 e. The van der Waals surface area contributed by atoms with Gasteiger partial charge in [-0.05, 0) is 70.7 Å². The van der Waals surface area contributed by atoms with Crippen LogP contribution in [0.4, 0.5) is 4.39 Å². The van der Waals surface area contributed by atoms with E-state index in [-0.39, 0.29) is 17.8 Å². The van der Waals surface area contributed by atoms with Gasteiger partial charge in [-0.3, -0.25) is 14.7 Å². The maximum Gasteiger partial charge on any atom is 0.253 e. The summed E-state index contributed by atoms with van der Waals surface area (Å²) in [6.07, 6.45) is 3.35. The highest BCUT2D eigenvalue weighted by atomic mass is 79.9. The summed E-state index contributed by atoms with van der Waals surface area (Å²) in [7, 11) is 1.66. The minimum Gasteiger partial charge on any atom is -0.496 e. The molecule has 0 atom stereocenters. The van der Waals surface area contributed by atoms with E-state index in [2.05, 4.69) is 43.3 Å². The zero-order valence-corrected chi connectivity index (χ0v) is 19.4. The number of nitrogens with one attached hydrogen (secondary N) is 1. The van der Waals surface area contributed by atoms with E-state index in [0.717, 1.165) is 42.7 Å². The molecule has 4 rings (SSSR count). The van der Waals surface area contributed by atoms with Gasteiger partial charge in [-0.15, -0.1) is 0 Å². The van der Waals surface area contributed by atoms with Crippen LogP contribution in [0.3, 0.4) is 0 Å². The van der Waals surface area contributed by atoms with Gasteiger partial charge in [-0.1, -0.05) is 18.2 Å². The zero-order chi connectivity index (χ0) is 22.5. The lowest BCUT2D eigenvalue weighted by atomic mass is 10.0. The van der Waals surface area contributed by atoms with E-state index in [0.29, 0.717) is 16.8 Å². The van der Waals surface area contributed by atoms with E-state index in [1.54, 1.807) is 37.6 Å². The number of hydrogen-bond donors (Lipinski definition) is 1. The molecule has 166 valence electrons.